The van der Waals surface area contributed by atoms with Gasteiger partial charge in [0.15, 0.2) is 21.4 Å². The van der Waals surface area contributed by atoms with E-state index in [1.807, 2.05) is 13.1 Å². The highest BCUT2D eigenvalue weighted by Crippen LogP contribution is 2.29. The van der Waals surface area contributed by atoms with E-state index in [2.05, 4.69) is 41.1 Å². The number of nitrogens with one attached hydrogen (secondary N) is 1. The van der Waals surface area contributed by atoms with Gasteiger partial charge in [0.25, 0.3) is 0 Å². The molecule has 30 heavy (non-hydrogen) atoms. The first-order valence-corrected chi connectivity index (χ1v) is 11.7. The van der Waals surface area contributed by atoms with Crippen LogP contribution in [0.5, 0.6) is 0 Å². The molecule has 0 aromatic carbocycles. The van der Waals surface area contributed by atoms with Crippen molar-refractivity contribution in [2.24, 2.45) is 7.05 Å². The average Bonchev–Trinajstić information content (AvgIpc) is 3.28. The number of nitrogens with zero attached hydrogens (tertiary/aromatic N) is 4. The first-order valence-electron chi connectivity index (χ1n) is 10.1. The summed E-state index contributed by atoms with van der Waals surface area (Å²) >= 11 is 0. The normalized spacial score (nSPS) is 16.7. The van der Waals surface area contributed by atoms with E-state index in [0.29, 0.717) is 37.7 Å². The van der Waals surface area contributed by atoms with Crippen LogP contribution in [0.15, 0.2) is 6.07 Å². The zero-order valence-electron chi connectivity index (χ0n) is 18.5. The van der Waals surface area contributed by atoms with Crippen molar-refractivity contribution in [1.29, 1.82) is 0 Å². The lowest BCUT2D eigenvalue weighted by Crippen LogP contribution is -2.48. The Morgan fingerprint density at radius 1 is 1.23 bits per heavy atom. The van der Waals surface area contributed by atoms with Gasteiger partial charge in [-0.25, -0.2) is 13.4 Å². The smallest absolute Gasteiger partial charge is 0.199 e. The summed E-state index contributed by atoms with van der Waals surface area (Å²) in [7, 11) is -1.84. The molecule has 0 amide bonds. The molecule has 10 heteroatoms. The van der Waals surface area contributed by atoms with Gasteiger partial charge in [-0.05, 0) is 32.8 Å². The van der Waals surface area contributed by atoms with Gasteiger partial charge in [0.05, 0.1) is 17.4 Å². The predicted molar refractivity (Wildman–Crippen MR) is 113 cm³/mol. The number of aryl methyl sites for hydroxylation is 1. The highest BCUT2D eigenvalue weighted by atomic mass is 32.2. The van der Waals surface area contributed by atoms with E-state index in [9.17, 15) is 13.2 Å². The second-order valence-electron chi connectivity index (χ2n) is 9.36. The second kappa shape index (κ2) is 7.88. The fourth-order valence-corrected chi connectivity index (χ4v) is 5.49. The summed E-state index contributed by atoms with van der Waals surface area (Å²) in [5.41, 5.74) is 1.52. The number of sulfone groups is 1. The molecule has 0 bridgehead atoms. The number of aromatic amines is 1. The third-order valence-corrected chi connectivity index (χ3v) is 8.73. The lowest BCUT2D eigenvalue weighted by atomic mass is 9.92. The van der Waals surface area contributed by atoms with Gasteiger partial charge >= 0.3 is 0 Å². The molecule has 1 fully saturated rings. The van der Waals surface area contributed by atoms with Gasteiger partial charge in [-0.2, -0.15) is 10.2 Å². The molecule has 0 unspecified atom stereocenters. The van der Waals surface area contributed by atoms with E-state index in [1.54, 1.807) is 4.68 Å². The fourth-order valence-electron chi connectivity index (χ4n) is 3.46. The Labute approximate surface area is 177 Å². The number of hydrogen-bond donors (Lipinski definition) is 1. The summed E-state index contributed by atoms with van der Waals surface area (Å²) < 4.78 is 31.6. The van der Waals surface area contributed by atoms with Crippen LogP contribution in [0.1, 0.15) is 59.0 Å². The molecule has 0 spiro atoms. The van der Waals surface area contributed by atoms with Crippen LogP contribution in [0.2, 0.25) is 0 Å². The van der Waals surface area contributed by atoms with Crippen LogP contribution in [0.4, 0.5) is 0 Å². The lowest BCUT2D eigenvalue weighted by molar-refractivity contribution is -0.120. The van der Waals surface area contributed by atoms with Gasteiger partial charge in [-0.1, -0.05) is 20.8 Å². The number of ether oxygens (including phenoxy) is 1. The fraction of sp³-hybridized carbons (Fsp3) is 0.700. The highest BCUT2D eigenvalue weighted by molar-refractivity contribution is 7.94. The van der Waals surface area contributed by atoms with E-state index in [0.717, 1.165) is 11.4 Å². The minimum atomic E-state index is -3.65. The first kappa shape index (κ1) is 22.6. The molecule has 1 aliphatic rings. The zero-order valence-corrected chi connectivity index (χ0v) is 19.3. The van der Waals surface area contributed by atoms with Crippen LogP contribution in [-0.2, 0) is 38.3 Å². The lowest BCUT2D eigenvalue weighted by Gasteiger charge is -2.31. The quantitative estimate of drug-likeness (QED) is 0.734. The van der Waals surface area contributed by atoms with Crippen molar-refractivity contribution in [3.05, 3.63) is 17.6 Å². The SMILES string of the molecule is Cn1nc(C(C)(C)C)cc1-c1n[nH]c(CC(=O)C(C)(C)S(=O)(=O)C2CCOCC2)n1. The molecule has 0 aliphatic carbocycles. The molecule has 3 heterocycles. The summed E-state index contributed by atoms with van der Waals surface area (Å²) in [6.45, 7) is 9.98. The van der Waals surface area contributed by atoms with Crippen LogP contribution in [0, 0.1) is 0 Å². The summed E-state index contributed by atoms with van der Waals surface area (Å²) in [4.78, 5) is 17.4. The van der Waals surface area contributed by atoms with Gasteiger partial charge in [0, 0.05) is 25.7 Å². The Morgan fingerprint density at radius 3 is 2.43 bits per heavy atom. The minimum Gasteiger partial charge on any atom is -0.381 e. The van der Waals surface area contributed by atoms with Crippen LogP contribution in [0.25, 0.3) is 11.5 Å². The number of carbonyl (C=O) groups excluding carboxylic acids is 1. The van der Waals surface area contributed by atoms with Crippen molar-refractivity contribution in [2.75, 3.05) is 13.2 Å². The molecule has 1 N–H and O–H groups in total. The van der Waals surface area contributed by atoms with Crippen molar-refractivity contribution in [2.45, 2.75) is 69.3 Å². The molecule has 0 atom stereocenters. The Hall–Kier alpha value is -2.07. The summed E-state index contributed by atoms with van der Waals surface area (Å²) in [5, 5.41) is 11.0. The van der Waals surface area contributed by atoms with E-state index >= 15 is 0 Å². The predicted octanol–water partition coefficient (Wildman–Crippen LogP) is 1.99. The summed E-state index contributed by atoms with van der Waals surface area (Å²) in [5.74, 6) is 0.356. The van der Waals surface area contributed by atoms with Gasteiger partial charge in [0.2, 0.25) is 0 Å². The molecule has 1 aliphatic heterocycles. The zero-order chi connectivity index (χ0) is 22.3. The van der Waals surface area contributed by atoms with Crippen molar-refractivity contribution in [1.82, 2.24) is 25.0 Å². The molecule has 2 aromatic heterocycles. The Balaban J connectivity index is 1.78. The molecule has 3 rings (SSSR count). The third kappa shape index (κ3) is 4.20. The van der Waals surface area contributed by atoms with Gasteiger partial charge in [-0.15, -0.1) is 0 Å². The number of ketones is 1. The Morgan fingerprint density at radius 2 is 1.87 bits per heavy atom. The molecular formula is C20H31N5O4S. The van der Waals surface area contributed by atoms with E-state index in [-0.39, 0.29) is 11.8 Å². The molecule has 1 saturated heterocycles. The van der Waals surface area contributed by atoms with Crippen molar-refractivity contribution in [3.63, 3.8) is 0 Å². The highest BCUT2D eigenvalue weighted by Gasteiger charge is 2.46. The number of rotatable bonds is 6. The average molecular weight is 438 g/mol. The number of hydrogen-bond acceptors (Lipinski definition) is 7. The largest absolute Gasteiger partial charge is 0.381 e. The Bertz CT molecular complexity index is 1020. The maximum absolute atomic E-state index is 13.1. The van der Waals surface area contributed by atoms with Gasteiger partial charge < -0.3 is 4.74 Å². The molecule has 9 nitrogen and oxygen atoms in total. The maximum Gasteiger partial charge on any atom is 0.199 e. The number of Topliss-reactive ketones (excluding diaryl/α,β-unsaturated/α-hetero) is 1. The minimum absolute atomic E-state index is 0.117. The maximum atomic E-state index is 13.1. The summed E-state index contributed by atoms with van der Waals surface area (Å²) in [6.07, 6.45) is 0.705. The van der Waals surface area contributed by atoms with E-state index in [1.165, 1.54) is 13.8 Å². The monoisotopic (exact) mass is 437 g/mol. The topological polar surface area (TPSA) is 120 Å². The third-order valence-electron chi connectivity index (χ3n) is 5.73. The van der Waals surface area contributed by atoms with Crippen molar-refractivity contribution in [3.8, 4) is 11.5 Å². The molecule has 166 valence electrons. The van der Waals surface area contributed by atoms with Crippen LogP contribution in [-0.4, -0.2) is 62.4 Å². The van der Waals surface area contributed by atoms with Crippen LogP contribution in [0.3, 0.4) is 0 Å². The van der Waals surface area contributed by atoms with Crippen molar-refractivity contribution < 1.29 is 17.9 Å². The Kier molecular flexibility index (Phi) is 5.94. The molecule has 0 radical (unpaired) electrons. The summed E-state index contributed by atoms with van der Waals surface area (Å²) in [6, 6.07) is 1.92. The first-order chi connectivity index (χ1) is 13.8. The number of H-pyrrole nitrogens is 1. The molecular weight excluding hydrogens is 406 g/mol. The molecule has 0 saturated carbocycles. The van der Waals surface area contributed by atoms with E-state index in [4.69, 9.17) is 4.74 Å². The second-order valence-corrected chi connectivity index (χ2v) is 12.1. The standard InChI is InChI=1S/C20H31N5O4S/c1-19(2,3)15-11-14(25(6)24-15)18-21-17(22-23-18)12-16(26)20(4,5)30(27,28)13-7-9-29-10-8-13/h11,13H,7-10,12H2,1-6H3,(H,21,22,23). The van der Waals surface area contributed by atoms with Gasteiger partial charge in [0.1, 0.15) is 16.3 Å². The van der Waals surface area contributed by atoms with E-state index < -0.39 is 25.6 Å². The molecule has 2 aromatic rings. The van der Waals surface area contributed by atoms with Crippen LogP contribution >= 0.6 is 0 Å². The van der Waals surface area contributed by atoms with Crippen molar-refractivity contribution >= 4 is 15.6 Å². The number of aromatic nitrogens is 5. The number of carbonyl (C=O) groups is 1. The van der Waals surface area contributed by atoms with Gasteiger partial charge in [-0.3, -0.25) is 14.6 Å². The van der Waals surface area contributed by atoms with Crippen LogP contribution < -0.4 is 0 Å².